The second-order valence-electron chi connectivity index (χ2n) is 16.4. The van der Waals surface area contributed by atoms with E-state index in [0.717, 1.165) is 6.92 Å². The van der Waals surface area contributed by atoms with Crippen molar-refractivity contribution < 1.29 is 68.1 Å². The first-order valence-electron chi connectivity index (χ1n) is 21.9. The van der Waals surface area contributed by atoms with E-state index in [0.29, 0.717) is 19.3 Å². The van der Waals surface area contributed by atoms with Crippen molar-refractivity contribution in [1.82, 2.24) is 47.4 Å². The third-order valence-electron chi connectivity index (χ3n) is 11.0. The molecule has 1 saturated heterocycles. The van der Waals surface area contributed by atoms with Gasteiger partial charge in [0.2, 0.25) is 53.2 Å². The number of aliphatic hydroxyl groups excluding tert-OH is 1. The standard InChI is InChI=1S/C40H69N13O14/c1-6-19(3)30(42)37(64)49-23(12-13-29(58)59)34(61)46-17-27(56)48-22(10-8-14-45-40(43)44)33(60)47-18-28(57)51-31(20(4)7-2)38(65)53-15-9-11-25(53)36(63)50-24(16-26(41)55)35(62)52-32(21(5)54)39(66)67/h19-25,30-32,54H,6-18,42H2,1-5H3,(H2,41,55)(H,46,61)(H,47,60)(H,48,56)(H,49,64)(H,50,63)(H,51,57)(H,52,62)(H,58,59)(H,66,67)(H4,43,44,45)/t19-,20-,21+,22-,23-,24-,25-,30-,31-,32-/m0/s1. The molecule has 0 unspecified atom stereocenters. The maximum absolute atomic E-state index is 14.0. The van der Waals surface area contributed by atoms with Gasteiger partial charge in [-0.2, -0.15) is 0 Å². The minimum absolute atomic E-state index is 0.0522. The molecule has 0 radical (unpaired) electrons. The monoisotopic (exact) mass is 956 g/mol. The maximum atomic E-state index is 14.0. The Balaban J connectivity index is 3.12. The van der Waals surface area contributed by atoms with E-state index in [4.69, 9.17) is 27.7 Å². The van der Waals surface area contributed by atoms with Crippen molar-refractivity contribution in [2.75, 3.05) is 26.2 Å². The molecular formula is C40H69N13O14. The molecule has 9 amide bonds. The summed E-state index contributed by atoms with van der Waals surface area (Å²) in [5, 5.41) is 54.8. The number of amides is 9. The lowest BCUT2D eigenvalue weighted by Gasteiger charge is -2.32. The van der Waals surface area contributed by atoms with Gasteiger partial charge in [-0.3, -0.25) is 53.4 Å². The van der Waals surface area contributed by atoms with E-state index in [1.54, 1.807) is 20.8 Å². The van der Waals surface area contributed by atoms with E-state index in [1.165, 1.54) is 4.90 Å². The Bertz CT molecular complexity index is 1800. The largest absolute Gasteiger partial charge is 0.481 e. The number of nitrogens with two attached hydrogens (primary N) is 3. The lowest BCUT2D eigenvalue weighted by Crippen LogP contribution is -2.59. The van der Waals surface area contributed by atoms with Crippen molar-refractivity contribution in [3.05, 3.63) is 0 Å². The fraction of sp³-hybridized carbons (Fsp3) is 0.700. The smallest absolute Gasteiger partial charge is 0.328 e. The van der Waals surface area contributed by atoms with Crippen LogP contribution in [0.1, 0.15) is 92.4 Å². The first-order chi connectivity index (χ1) is 31.3. The van der Waals surface area contributed by atoms with Gasteiger partial charge in [-0.1, -0.05) is 40.5 Å². The van der Waals surface area contributed by atoms with Crippen LogP contribution in [0, 0.1) is 17.2 Å². The predicted octanol–water partition coefficient (Wildman–Crippen LogP) is -5.48. The van der Waals surface area contributed by atoms with Crippen LogP contribution in [0.15, 0.2) is 0 Å². The summed E-state index contributed by atoms with van der Waals surface area (Å²) in [7, 11) is 0. The number of hydrogen-bond donors (Lipinski definition) is 15. The van der Waals surface area contributed by atoms with E-state index in [-0.39, 0.29) is 50.7 Å². The van der Waals surface area contributed by atoms with Gasteiger partial charge in [-0.25, -0.2) is 4.79 Å². The molecule has 1 heterocycles. The summed E-state index contributed by atoms with van der Waals surface area (Å²) in [4.78, 5) is 142. The van der Waals surface area contributed by atoms with E-state index < -0.39 is 145 Å². The van der Waals surface area contributed by atoms with Crippen molar-refractivity contribution in [2.45, 2.75) is 141 Å². The summed E-state index contributed by atoms with van der Waals surface area (Å²) in [5.41, 5.74) is 16.6. The number of carboxylic acids is 2. The number of guanidine groups is 1. The minimum Gasteiger partial charge on any atom is -0.481 e. The molecule has 0 aromatic heterocycles. The molecule has 27 nitrogen and oxygen atoms in total. The number of aliphatic hydroxyl groups is 1. The highest BCUT2D eigenvalue weighted by molar-refractivity contribution is 5.98. The molecule has 27 heteroatoms. The molecule has 1 aliphatic rings. The van der Waals surface area contributed by atoms with Gasteiger partial charge in [-0.15, -0.1) is 0 Å². The highest BCUT2D eigenvalue weighted by Crippen LogP contribution is 2.22. The second kappa shape index (κ2) is 29.1. The Hall–Kier alpha value is -6.64. The summed E-state index contributed by atoms with van der Waals surface area (Å²) >= 11 is 0. The zero-order valence-electron chi connectivity index (χ0n) is 38.5. The van der Waals surface area contributed by atoms with E-state index in [9.17, 15) is 63.0 Å². The van der Waals surface area contributed by atoms with Gasteiger partial charge in [0.05, 0.1) is 31.7 Å². The first kappa shape index (κ1) is 58.4. The highest BCUT2D eigenvalue weighted by atomic mass is 16.4. The van der Waals surface area contributed by atoms with Crippen LogP contribution in [-0.2, 0) is 52.7 Å². The molecule has 378 valence electrons. The number of aliphatic carboxylic acids is 2. The Morgan fingerprint density at radius 1 is 0.701 bits per heavy atom. The molecule has 67 heavy (non-hydrogen) atoms. The molecule has 18 N–H and O–H groups in total. The molecule has 0 saturated carbocycles. The second-order valence-corrected chi connectivity index (χ2v) is 16.4. The van der Waals surface area contributed by atoms with Crippen LogP contribution in [0.4, 0.5) is 0 Å². The number of rotatable bonds is 30. The number of nitrogens with zero attached hydrogens (tertiary/aromatic N) is 1. The maximum Gasteiger partial charge on any atom is 0.328 e. The van der Waals surface area contributed by atoms with Crippen molar-refractivity contribution in [3.8, 4) is 0 Å². The topological polar surface area (TPSA) is 450 Å². The van der Waals surface area contributed by atoms with Crippen LogP contribution in [-0.4, -0.2) is 166 Å². The summed E-state index contributed by atoms with van der Waals surface area (Å²) in [6, 6.07) is -9.56. The van der Waals surface area contributed by atoms with Gasteiger partial charge >= 0.3 is 11.9 Å². The van der Waals surface area contributed by atoms with Gasteiger partial charge in [-0.05, 0) is 50.9 Å². The molecule has 0 bridgehead atoms. The molecule has 0 aromatic carbocycles. The van der Waals surface area contributed by atoms with E-state index in [2.05, 4.69) is 37.2 Å². The van der Waals surface area contributed by atoms with Gasteiger partial charge in [0.15, 0.2) is 12.0 Å². The van der Waals surface area contributed by atoms with Gasteiger partial charge in [0, 0.05) is 19.5 Å². The van der Waals surface area contributed by atoms with Crippen LogP contribution < -0.4 is 59.7 Å². The van der Waals surface area contributed by atoms with Gasteiger partial charge < -0.3 is 80.0 Å². The quantitative estimate of drug-likeness (QED) is 0.0181. The Labute approximate surface area is 387 Å². The average molecular weight is 956 g/mol. The van der Waals surface area contributed by atoms with E-state index >= 15 is 0 Å². The Morgan fingerprint density at radius 2 is 1.27 bits per heavy atom. The van der Waals surface area contributed by atoms with Gasteiger partial charge in [0.25, 0.3) is 0 Å². The predicted molar refractivity (Wildman–Crippen MR) is 236 cm³/mol. The lowest BCUT2D eigenvalue weighted by molar-refractivity contribution is -0.146. The summed E-state index contributed by atoms with van der Waals surface area (Å²) in [6.07, 6.45) is -1.66. The molecule has 1 aliphatic heterocycles. The number of carbonyl (C=O) groups is 11. The zero-order valence-corrected chi connectivity index (χ0v) is 38.5. The van der Waals surface area contributed by atoms with Crippen LogP contribution in [0.3, 0.4) is 0 Å². The fourth-order valence-corrected chi connectivity index (χ4v) is 6.65. The van der Waals surface area contributed by atoms with Crippen LogP contribution in [0.25, 0.3) is 0 Å². The number of likely N-dealkylation sites (tertiary alicyclic amines) is 1. The van der Waals surface area contributed by atoms with Crippen molar-refractivity contribution in [3.63, 3.8) is 0 Å². The number of hydrogen-bond acceptors (Lipinski definition) is 14. The molecule has 1 fully saturated rings. The molecule has 0 aromatic rings. The Morgan fingerprint density at radius 3 is 1.78 bits per heavy atom. The third kappa shape index (κ3) is 20.6. The SMILES string of the molecule is CC[C@H](C)[C@H](N)C(=O)N[C@@H](CCC(=O)O)C(=O)NCC(=O)N[C@@H](CCCNC(=N)N)C(=O)NCC(=O)N[C@H](C(=O)N1CCC[C@H]1C(=O)N[C@@H](CC(N)=O)C(=O)N[C@H](C(=O)O)[C@@H](C)O)[C@@H](C)CC. The lowest BCUT2D eigenvalue weighted by atomic mass is 9.97. The average Bonchev–Trinajstić information content (AvgIpc) is 3.76. The molecule has 1 rings (SSSR count). The normalized spacial score (nSPS) is 17.2. The summed E-state index contributed by atoms with van der Waals surface area (Å²) in [6.45, 7) is 6.78. The summed E-state index contributed by atoms with van der Waals surface area (Å²) in [5.74, 6) is -11.9. The van der Waals surface area contributed by atoms with Crippen LogP contribution in [0.2, 0.25) is 0 Å². The summed E-state index contributed by atoms with van der Waals surface area (Å²) < 4.78 is 0. The van der Waals surface area contributed by atoms with E-state index in [1.807, 2.05) is 12.2 Å². The third-order valence-corrected chi connectivity index (χ3v) is 11.0. The molecule has 10 atom stereocenters. The molecule has 0 aliphatic carbocycles. The van der Waals surface area contributed by atoms with Gasteiger partial charge in [0.1, 0.15) is 30.2 Å². The number of primary amides is 1. The zero-order chi connectivity index (χ0) is 51.1. The molecular weight excluding hydrogens is 887 g/mol. The Kier molecular flexibility index (Phi) is 25.3. The minimum atomic E-state index is -1.78. The first-order valence-corrected chi connectivity index (χ1v) is 21.9. The highest BCUT2D eigenvalue weighted by Gasteiger charge is 2.41. The van der Waals surface area contributed by atoms with Crippen LogP contribution >= 0.6 is 0 Å². The van der Waals surface area contributed by atoms with Crippen LogP contribution in [0.5, 0.6) is 0 Å². The molecule has 0 spiro atoms. The fourth-order valence-electron chi connectivity index (χ4n) is 6.65. The van der Waals surface area contributed by atoms with Crippen molar-refractivity contribution in [1.29, 1.82) is 5.41 Å². The van der Waals surface area contributed by atoms with Crippen molar-refractivity contribution in [2.24, 2.45) is 29.0 Å². The number of carboxylic acid groups (broad SMARTS) is 2. The number of carbonyl (C=O) groups excluding carboxylic acids is 9. The van der Waals surface area contributed by atoms with Crippen molar-refractivity contribution >= 4 is 71.1 Å². The number of nitrogens with one attached hydrogen (secondary N) is 9.